The van der Waals surface area contributed by atoms with Gasteiger partial charge in [-0.05, 0) is 18.9 Å². The molecule has 1 aromatic rings. The molecule has 0 radical (unpaired) electrons. The van der Waals surface area contributed by atoms with Gasteiger partial charge in [0, 0.05) is 31.7 Å². The number of ether oxygens (including phenoxy) is 2. The van der Waals surface area contributed by atoms with Crippen molar-refractivity contribution in [3.8, 4) is 0 Å². The fourth-order valence-corrected chi connectivity index (χ4v) is 2.93. The number of aryl methyl sites for hydroxylation is 1. The second-order valence-corrected chi connectivity index (χ2v) is 6.99. The van der Waals surface area contributed by atoms with Crippen LogP contribution < -0.4 is 0 Å². The lowest BCUT2D eigenvalue weighted by molar-refractivity contribution is -0.229. The molecule has 1 heterocycles. The molecule has 21 heavy (non-hydrogen) atoms. The van der Waals surface area contributed by atoms with E-state index in [9.17, 15) is 4.79 Å². The third kappa shape index (κ3) is 2.48. The average molecular weight is 294 g/mol. The first-order valence-corrected chi connectivity index (χ1v) is 7.42. The molecule has 1 saturated carbocycles. The van der Waals surface area contributed by atoms with Gasteiger partial charge >= 0.3 is 5.97 Å². The molecule has 0 amide bonds. The molecule has 5 nitrogen and oxygen atoms in total. The molecule has 2 atom stereocenters. The van der Waals surface area contributed by atoms with Gasteiger partial charge in [0.1, 0.15) is 6.10 Å². The Balaban J connectivity index is 2.08. The van der Waals surface area contributed by atoms with Gasteiger partial charge in [-0.15, -0.1) is 0 Å². The average Bonchev–Trinajstić information content (AvgIpc) is 2.80. The van der Waals surface area contributed by atoms with Crippen LogP contribution in [0.2, 0.25) is 0 Å². The number of carbonyl (C=O) groups is 1. The Morgan fingerprint density at radius 3 is 2.48 bits per heavy atom. The molecule has 0 bridgehead atoms. The Bertz CT molecular complexity index is 548. The van der Waals surface area contributed by atoms with Crippen molar-refractivity contribution >= 4 is 5.97 Å². The molecule has 1 aliphatic carbocycles. The Labute approximate surface area is 126 Å². The van der Waals surface area contributed by atoms with Crippen LogP contribution in [-0.4, -0.2) is 34.6 Å². The van der Waals surface area contributed by atoms with Crippen LogP contribution in [0.4, 0.5) is 0 Å². The third-order valence-corrected chi connectivity index (χ3v) is 5.16. The number of hydrogen-bond acceptors (Lipinski definition) is 4. The molecule has 5 heteroatoms. The van der Waals surface area contributed by atoms with E-state index in [1.54, 1.807) is 11.8 Å². The summed E-state index contributed by atoms with van der Waals surface area (Å²) >= 11 is 0. The van der Waals surface area contributed by atoms with Gasteiger partial charge in [0.25, 0.3) is 0 Å². The van der Waals surface area contributed by atoms with Gasteiger partial charge < -0.3 is 9.47 Å². The van der Waals surface area contributed by atoms with E-state index in [1.165, 1.54) is 0 Å². The summed E-state index contributed by atoms with van der Waals surface area (Å²) in [7, 11) is 3.55. The van der Waals surface area contributed by atoms with E-state index in [0.29, 0.717) is 18.0 Å². The summed E-state index contributed by atoms with van der Waals surface area (Å²) in [5.74, 6) is -0.0327. The predicted molar refractivity (Wildman–Crippen MR) is 80.3 cm³/mol. The largest absolute Gasteiger partial charge is 0.457 e. The van der Waals surface area contributed by atoms with Gasteiger partial charge in [0.2, 0.25) is 0 Å². The Hall–Kier alpha value is -1.36. The summed E-state index contributed by atoms with van der Waals surface area (Å²) in [6, 6.07) is 1.81. The molecule has 0 aromatic carbocycles. The lowest BCUT2D eigenvalue weighted by atomic mass is 9.57. The van der Waals surface area contributed by atoms with Crippen LogP contribution in [0.1, 0.15) is 63.1 Å². The zero-order chi connectivity index (χ0) is 16.0. The van der Waals surface area contributed by atoms with E-state index in [0.717, 1.165) is 5.69 Å². The fourth-order valence-electron chi connectivity index (χ4n) is 2.93. The van der Waals surface area contributed by atoms with Gasteiger partial charge in [0.15, 0.2) is 5.69 Å². The van der Waals surface area contributed by atoms with Crippen LogP contribution in [0.5, 0.6) is 0 Å². The monoisotopic (exact) mass is 294 g/mol. The maximum Gasteiger partial charge on any atom is 0.359 e. The minimum atomic E-state index is -0.353. The summed E-state index contributed by atoms with van der Waals surface area (Å²) in [5.41, 5.74) is 0.956. The number of esters is 1. The minimum absolute atomic E-state index is 0.139. The van der Waals surface area contributed by atoms with Crippen molar-refractivity contribution in [3.05, 3.63) is 17.5 Å². The van der Waals surface area contributed by atoms with E-state index in [1.807, 2.05) is 13.1 Å². The predicted octanol–water partition coefficient (Wildman–Crippen LogP) is 2.90. The second kappa shape index (κ2) is 5.13. The first kappa shape index (κ1) is 16.0. The Kier molecular flexibility index (Phi) is 3.91. The smallest absolute Gasteiger partial charge is 0.359 e. The van der Waals surface area contributed by atoms with Crippen LogP contribution in [0.15, 0.2) is 6.07 Å². The molecule has 118 valence electrons. The van der Waals surface area contributed by atoms with Crippen molar-refractivity contribution in [1.82, 2.24) is 9.78 Å². The molecule has 0 N–H and O–H groups in total. The number of nitrogens with zero attached hydrogens (tertiary/aromatic N) is 2. The normalized spacial score (nSPS) is 27.5. The summed E-state index contributed by atoms with van der Waals surface area (Å²) in [5, 5.41) is 4.26. The van der Waals surface area contributed by atoms with Crippen molar-refractivity contribution in [2.75, 3.05) is 7.11 Å². The second-order valence-electron chi connectivity index (χ2n) is 6.99. The van der Waals surface area contributed by atoms with Crippen LogP contribution in [0.3, 0.4) is 0 Å². The third-order valence-electron chi connectivity index (χ3n) is 5.16. The lowest BCUT2D eigenvalue weighted by Gasteiger charge is -2.57. The number of aromatic nitrogens is 2. The van der Waals surface area contributed by atoms with Gasteiger partial charge in [0.05, 0.1) is 5.60 Å². The van der Waals surface area contributed by atoms with Gasteiger partial charge in [-0.1, -0.05) is 27.7 Å². The maximum absolute atomic E-state index is 12.3. The molecule has 1 aliphatic rings. The molecule has 0 saturated heterocycles. The zero-order valence-corrected chi connectivity index (χ0v) is 14.1. The highest BCUT2D eigenvalue weighted by molar-refractivity contribution is 5.87. The van der Waals surface area contributed by atoms with Crippen molar-refractivity contribution in [2.45, 2.75) is 58.7 Å². The number of hydrogen-bond donors (Lipinski definition) is 0. The van der Waals surface area contributed by atoms with E-state index < -0.39 is 0 Å². The topological polar surface area (TPSA) is 53.4 Å². The van der Waals surface area contributed by atoms with Gasteiger partial charge in [-0.3, -0.25) is 4.68 Å². The van der Waals surface area contributed by atoms with Crippen LogP contribution in [0.25, 0.3) is 0 Å². The van der Waals surface area contributed by atoms with Gasteiger partial charge in [-0.2, -0.15) is 5.10 Å². The highest BCUT2D eigenvalue weighted by Gasteiger charge is 2.60. The first-order chi connectivity index (χ1) is 9.62. The SMILES string of the molecule is COC1(C)CC(OC(=O)c2cc(C(C)C)n(C)n2)C1(C)C. The van der Waals surface area contributed by atoms with Crippen LogP contribution >= 0.6 is 0 Å². The summed E-state index contributed by atoms with van der Waals surface area (Å²) in [4.78, 5) is 12.3. The van der Waals surface area contributed by atoms with E-state index in [4.69, 9.17) is 9.47 Å². The molecule has 1 aromatic heterocycles. The molecule has 1 fully saturated rings. The number of methoxy groups -OCH3 is 1. The number of rotatable bonds is 4. The quantitative estimate of drug-likeness (QED) is 0.801. The van der Waals surface area contributed by atoms with Gasteiger partial charge in [-0.25, -0.2) is 4.79 Å². The maximum atomic E-state index is 12.3. The van der Waals surface area contributed by atoms with Crippen LogP contribution in [0, 0.1) is 5.41 Å². The van der Waals surface area contributed by atoms with Crippen molar-refractivity contribution < 1.29 is 14.3 Å². The Morgan fingerprint density at radius 1 is 1.43 bits per heavy atom. The summed E-state index contributed by atoms with van der Waals surface area (Å²) in [6.45, 7) is 10.3. The summed E-state index contributed by atoms with van der Waals surface area (Å²) in [6.07, 6.45) is 0.575. The van der Waals surface area contributed by atoms with E-state index in [-0.39, 0.29) is 23.1 Å². The molecule has 0 spiro atoms. The molecular formula is C16H26N2O3. The standard InChI is InChI=1S/C16H26N2O3/c1-10(2)12-8-11(17-18(12)6)14(19)21-13-9-16(5,20-7)15(13,3)4/h8,10,13H,9H2,1-7H3. The molecule has 0 aliphatic heterocycles. The molecule has 2 unspecified atom stereocenters. The fraction of sp³-hybridized carbons (Fsp3) is 0.750. The minimum Gasteiger partial charge on any atom is -0.457 e. The van der Waals surface area contributed by atoms with Crippen LogP contribution in [-0.2, 0) is 16.5 Å². The molecular weight excluding hydrogens is 268 g/mol. The van der Waals surface area contributed by atoms with Crippen molar-refractivity contribution in [1.29, 1.82) is 0 Å². The zero-order valence-electron chi connectivity index (χ0n) is 14.1. The summed E-state index contributed by atoms with van der Waals surface area (Å²) < 4.78 is 12.9. The van der Waals surface area contributed by atoms with Crippen molar-refractivity contribution in [2.24, 2.45) is 12.5 Å². The molecule has 2 rings (SSSR count). The Morgan fingerprint density at radius 2 is 2.05 bits per heavy atom. The van der Waals surface area contributed by atoms with E-state index in [2.05, 4.69) is 39.7 Å². The van der Waals surface area contributed by atoms with E-state index >= 15 is 0 Å². The lowest BCUT2D eigenvalue weighted by Crippen LogP contribution is -2.64. The number of carbonyl (C=O) groups excluding carboxylic acids is 1. The van der Waals surface area contributed by atoms with Crippen molar-refractivity contribution in [3.63, 3.8) is 0 Å². The highest BCUT2D eigenvalue weighted by Crippen LogP contribution is 2.53. The highest BCUT2D eigenvalue weighted by atomic mass is 16.6. The first-order valence-electron chi connectivity index (χ1n) is 7.42.